The Bertz CT molecular complexity index is 1110. The molecule has 3 amide bonds. The smallest absolute Gasteiger partial charge is 0.311 e. The normalized spacial score (nSPS) is 15.2. The largest absolute Gasteiger partial charge is 0.455 e. The van der Waals surface area contributed by atoms with E-state index < -0.39 is 41.1 Å². The first kappa shape index (κ1) is 23.4. The van der Waals surface area contributed by atoms with Gasteiger partial charge in [0, 0.05) is 29.8 Å². The highest BCUT2D eigenvalue weighted by Gasteiger charge is 2.36. The maximum atomic E-state index is 12.3. The van der Waals surface area contributed by atoms with Gasteiger partial charge < -0.3 is 10.1 Å². The molecule has 1 aliphatic rings. The number of hydrazine groups is 1. The first-order chi connectivity index (χ1) is 15.7. The average molecular weight is 454 g/mol. The third kappa shape index (κ3) is 5.70. The predicted molar refractivity (Wildman–Crippen MR) is 116 cm³/mol. The summed E-state index contributed by atoms with van der Waals surface area (Å²) in [5.41, 5.74) is 4.84. The maximum absolute atomic E-state index is 12.3. The van der Waals surface area contributed by atoms with Crippen LogP contribution in [0.4, 0.5) is 11.4 Å². The number of nitrogens with zero attached hydrogens (tertiary/aromatic N) is 2. The van der Waals surface area contributed by atoms with Crippen LogP contribution >= 0.6 is 0 Å². The van der Waals surface area contributed by atoms with Crippen LogP contribution in [0.3, 0.4) is 0 Å². The van der Waals surface area contributed by atoms with E-state index >= 15 is 0 Å². The molecule has 0 radical (unpaired) electrons. The fraction of sp³-hybridized carbons (Fsp3) is 0.273. The van der Waals surface area contributed by atoms with E-state index in [9.17, 15) is 29.3 Å². The van der Waals surface area contributed by atoms with Crippen molar-refractivity contribution in [3.8, 4) is 0 Å². The molecule has 0 aliphatic carbocycles. The zero-order valence-electron chi connectivity index (χ0n) is 18.0. The SMILES string of the molecule is Cc1cccc(NC(=O)COC(=O)[C@H]2CC(=O)N(NC(=O)c3ccc([N+](=O)[O-])cc3)C2)c1C. The summed E-state index contributed by atoms with van der Waals surface area (Å²) in [4.78, 5) is 59.0. The Morgan fingerprint density at radius 3 is 2.52 bits per heavy atom. The Kier molecular flexibility index (Phi) is 7.01. The van der Waals surface area contributed by atoms with Crippen molar-refractivity contribution in [1.82, 2.24) is 10.4 Å². The number of non-ortho nitro benzene ring substituents is 1. The van der Waals surface area contributed by atoms with E-state index in [1.165, 1.54) is 24.3 Å². The number of hydrogen-bond donors (Lipinski definition) is 2. The summed E-state index contributed by atoms with van der Waals surface area (Å²) in [5, 5.41) is 14.4. The lowest BCUT2D eigenvalue weighted by atomic mass is 10.1. The fourth-order valence-corrected chi connectivity index (χ4v) is 3.22. The van der Waals surface area contributed by atoms with E-state index in [2.05, 4.69) is 10.7 Å². The van der Waals surface area contributed by atoms with Crippen molar-refractivity contribution >= 4 is 35.1 Å². The van der Waals surface area contributed by atoms with E-state index in [1.54, 1.807) is 12.1 Å². The number of esters is 1. The Morgan fingerprint density at radius 1 is 1.15 bits per heavy atom. The number of carbonyl (C=O) groups excluding carboxylic acids is 4. The number of ether oxygens (including phenoxy) is 1. The summed E-state index contributed by atoms with van der Waals surface area (Å²) in [7, 11) is 0. The summed E-state index contributed by atoms with van der Waals surface area (Å²) in [6.07, 6.45) is -0.183. The first-order valence-electron chi connectivity index (χ1n) is 10.0. The summed E-state index contributed by atoms with van der Waals surface area (Å²) in [5.74, 6) is -3.23. The lowest BCUT2D eigenvalue weighted by Crippen LogP contribution is -2.43. The van der Waals surface area contributed by atoms with Crippen LogP contribution in [0, 0.1) is 29.9 Å². The number of hydrogen-bond acceptors (Lipinski definition) is 7. The molecule has 2 aromatic carbocycles. The molecule has 2 aromatic rings. The molecular weight excluding hydrogens is 432 g/mol. The van der Waals surface area contributed by atoms with E-state index in [0.29, 0.717) is 5.69 Å². The molecule has 1 heterocycles. The molecule has 172 valence electrons. The van der Waals surface area contributed by atoms with Crippen molar-refractivity contribution < 1.29 is 28.8 Å². The van der Waals surface area contributed by atoms with Crippen LogP contribution in [0.2, 0.25) is 0 Å². The van der Waals surface area contributed by atoms with Gasteiger partial charge in [0.05, 0.1) is 17.4 Å². The molecule has 2 N–H and O–H groups in total. The number of nitro benzene ring substituents is 1. The predicted octanol–water partition coefficient (Wildman–Crippen LogP) is 1.89. The van der Waals surface area contributed by atoms with Crippen molar-refractivity contribution in [2.75, 3.05) is 18.5 Å². The number of amides is 3. The summed E-state index contributed by atoms with van der Waals surface area (Å²) in [6.45, 7) is 3.15. The second-order valence-corrected chi connectivity index (χ2v) is 7.55. The molecule has 1 aliphatic heterocycles. The Labute approximate surface area is 188 Å². The molecule has 3 rings (SSSR count). The van der Waals surface area contributed by atoms with Gasteiger partial charge in [-0.15, -0.1) is 0 Å². The van der Waals surface area contributed by atoms with Crippen molar-refractivity contribution in [3.05, 3.63) is 69.3 Å². The molecule has 0 unspecified atom stereocenters. The van der Waals surface area contributed by atoms with Crippen LogP contribution in [-0.4, -0.2) is 46.8 Å². The summed E-state index contributed by atoms with van der Waals surface area (Å²) in [6, 6.07) is 10.3. The van der Waals surface area contributed by atoms with E-state index in [4.69, 9.17) is 4.74 Å². The lowest BCUT2D eigenvalue weighted by Gasteiger charge is -2.17. The molecular formula is C22H22N4O7. The third-order valence-electron chi connectivity index (χ3n) is 5.26. The zero-order chi connectivity index (χ0) is 24.1. The minimum Gasteiger partial charge on any atom is -0.455 e. The Hall–Kier alpha value is -4.28. The van der Waals surface area contributed by atoms with Gasteiger partial charge in [0.2, 0.25) is 5.91 Å². The molecule has 1 fully saturated rings. The molecule has 0 bridgehead atoms. The van der Waals surface area contributed by atoms with Crippen LogP contribution in [0.15, 0.2) is 42.5 Å². The van der Waals surface area contributed by atoms with Gasteiger partial charge in [-0.25, -0.2) is 0 Å². The van der Waals surface area contributed by atoms with E-state index in [-0.39, 0.29) is 24.2 Å². The minimum absolute atomic E-state index is 0.113. The molecule has 33 heavy (non-hydrogen) atoms. The second kappa shape index (κ2) is 9.90. The van der Waals surface area contributed by atoms with Crippen LogP contribution < -0.4 is 10.7 Å². The number of carbonyl (C=O) groups is 4. The third-order valence-corrected chi connectivity index (χ3v) is 5.26. The topological polar surface area (TPSA) is 148 Å². The van der Waals surface area contributed by atoms with Crippen molar-refractivity contribution in [2.24, 2.45) is 5.92 Å². The van der Waals surface area contributed by atoms with Crippen molar-refractivity contribution in [3.63, 3.8) is 0 Å². The highest BCUT2D eigenvalue weighted by atomic mass is 16.6. The van der Waals surface area contributed by atoms with E-state index in [0.717, 1.165) is 16.1 Å². The van der Waals surface area contributed by atoms with Crippen molar-refractivity contribution in [1.29, 1.82) is 0 Å². The van der Waals surface area contributed by atoms with Crippen LogP contribution in [0.25, 0.3) is 0 Å². The Balaban J connectivity index is 1.50. The summed E-state index contributed by atoms with van der Waals surface area (Å²) >= 11 is 0. The fourth-order valence-electron chi connectivity index (χ4n) is 3.22. The zero-order valence-corrected chi connectivity index (χ0v) is 18.0. The standard InChI is InChI=1S/C22H22N4O7/c1-13-4-3-5-18(14(13)2)23-19(27)12-33-22(30)16-10-20(28)25(11-16)24-21(29)15-6-8-17(9-7-15)26(31)32/h3-9,16H,10-12H2,1-2H3,(H,23,27)(H,24,29)/t16-/m0/s1. The number of anilines is 1. The van der Waals surface area contributed by atoms with Crippen molar-refractivity contribution in [2.45, 2.75) is 20.3 Å². The van der Waals surface area contributed by atoms with Gasteiger partial charge in [-0.05, 0) is 43.2 Å². The van der Waals surface area contributed by atoms with Gasteiger partial charge in [0.1, 0.15) is 0 Å². The molecule has 0 spiro atoms. The monoisotopic (exact) mass is 454 g/mol. The molecule has 1 atom stereocenters. The number of benzene rings is 2. The number of nitrogens with one attached hydrogen (secondary N) is 2. The van der Waals surface area contributed by atoms with E-state index in [1.807, 2.05) is 19.9 Å². The molecule has 0 saturated carbocycles. The minimum atomic E-state index is -0.844. The second-order valence-electron chi connectivity index (χ2n) is 7.55. The number of nitro groups is 1. The highest BCUT2D eigenvalue weighted by Crippen LogP contribution is 2.20. The van der Waals surface area contributed by atoms with Crippen LogP contribution in [0.5, 0.6) is 0 Å². The van der Waals surface area contributed by atoms with Gasteiger partial charge >= 0.3 is 5.97 Å². The molecule has 1 saturated heterocycles. The van der Waals surface area contributed by atoms with Crippen LogP contribution in [-0.2, 0) is 19.1 Å². The lowest BCUT2D eigenvalue weighted by molar-refractivity contribution is -0.384. The summed E-state index contributed by atoms with van der Waals surface area (Å²) < 4.78 is 5.05. The van der Waals surface area contributed by atoms with Crippen LogP contribution in [0.1, 0.15) is 27.9 Å². The molecule has 0 aromatic heterocycles. The number of aryl methyl sites for hydroxylation is 1. The van der Waals surface area contributed by atoms with Gasteiger partial charge in [-0.1, -0.05) is 12.1 Å². The highest BCUT2D eigenvalue weighted by molar-refractivity contribution is 5.97. The average Bonchev–Trinajstić information content (AvgIpc) is 3.15. The maximum Gasteiger partial charge on any atom is 0.311 e. The van der Waals surface area contributed by atoms with Gasteiger partial charge in [0.25, 0.3) is 17.5 Å². The quantitative estimate of drug-likeness (QED) is 0.369. The number of rotatable bonds is 7. The van der Waals surface area contributed by atoms with Gasteiger partial charge in [0.15, 0.2) is 6.61 Å². The Morgan fingerprint density at radius 2 is 1.85 bits per heavy atom. The molecule has 11 nitrogen and oxygen atoms in total. The van der Waals surface area contributed by atoms with Gasteiger partial charge in [-0.3, -0.25) is 39.7 Å². The molecule has 11 heteroatoms. The first-order valence-corrected chi connectivity index (χ1v) is 10.0. The van der Waals surface area contributed by atoms with Gasteiger partial charge in [-0.2, -0.15) is 0 Å².